The molecule has 0 spiro atoms. The van der Waals surface area contributed by atoms with E-state index < -0.39 is 34.6 Å². The molecule has 0 saturated carbocycles. The Morgan fingerprint density at radius 1 is 1.29 bits per heavy atom. The molecule has 1 amide bonds. The van der Waals surface area contributed by atoms with Crippen molar-refractivity contribution in [3.63, 3.8) is 0 Å². The van der Waals surface area contributed by atoms with Crippen LogP contribution in [-0.4, -0.2) is 36.5 Å². The number of hydrogen-bond donors (Lipinski definition) is 2. The van der Waals surface area contributed by atoms with Crippen molar-refractivity contribution in [2.45, 2.75) is 16.9 Å². The molecular weight excluding hydrogens is 409 g/mol. The molecule has 1 aliphatic rings. The monoisotopic (exact) mass is 425 g/mol. The number of carbonyl (C=O) groups is 2. The minimum atomic E-state index is -1.13. The van der Waals surface area contributed by atoms with Crippen molar-refractivity contribution in [3.8, 4) is 11.5 Å². The Hall–Kier alpha value is -2.45. The van der Waals surface area contributed by atoms with Gasteiger partial charge in [-0.2, -0.15) is 0 Å². The number of rotatable bonds is 5. The number of amides is 1. The van der Waals surface area contributed by atoms with Crippen LogP contribution in [0.3, 0.4) is 0 Å². The third kappa shape index (κ3) is 3.88. The summed E-state index contributed by atoms with van der Waals surface area (Å²) in [6.45, 7) is 0. The molecule has 0 aliphatic carbocycles. The molecule has 0 saturated heterocycles. The Kier molecular flexibility index (Phi) is 6.00. The third-order valence-corrected chi connectivity index (χ3v) is 6.01. The predicted molar refractivity (Wildman–Crippen MR) is 105 cm³/mol. The summed E-state index contributed by atoms with van der Waals surface area (Å²) >= 11 is 7.18. The number of aliphatic carboxylic acids is 1. The molecule has 0 unspecified atom stereocenters. The lowest BCUT2D eigenvalue weighted by Crippen LogP contribution is -2.26. The van der Waals surface area contributed by atoms with E-state index in [2.05, 4.69) is 5.32 Å². The molecule has 9 heteroatoms. The first-order chi connectivity index (χ1) is 13.3. The zero-order valence-corrected chi connectivity index (χ0v) is 16.6. The van der Waals surface area contributed by atoms with Gasteiger partial charge in [0.05, 0.1) is 36.7 Å². The van der Waals surface area contributed by atoms with Gasteiger partial charge in [0.2, 0.25) is 5.91 Å². The second-order valence-corrected chi connectivity index (χ2v) is 7.77. The highest BCUT2D eigenvalue weighted by molar-refractivity contribution is 8.01. The average molecular weight is 426 g/mol. The van der Waals surface area contributed by atoms with Crippen LogP contribution in [0.4, 0.5) is 10.1 Å². The maximum atomic E-state index is 14.9. The Labute approximate surface area is 170 Å². The largest absolute Gasteiger partial charge is 0.493 e. The first-order valence-electron chi connectivity index (χ1n) is 8.23. The van der Waals surface area contributed by atoms with Crippen molar-refractivity contribution in [2.24, 2.45) is 0 Å². The summed E-state index contributed by atoms with van der Waals surface area (Å²) in [4.78, 5) is 23.8. The minimum Gasteiger partial charge on any atom is -0.493 e. The molecule has 2 aromatic carbocycles. The van der Waals surface area contributed by atoms with Crippen LogP contribution in [0.15, 0.2) is 30.3 Å². The highest BCUT2D eigenvalue weighted by Gasteiger charge is 2.36. The van der Waals surface area contributed by atoms with Crippen molar-refractivity contribution < 1.29 is 28.6 Å². The number of carboxylic acid groups (broad SMARTS) is 1. The van der Waals surface area contributed by atoms with Gasteiger partial charge in [-0.05, 0) is 35.9 Å². The van der Waals surface area contributed by atoms with Gasteiger partial charge in [-0.1, -0.05) is 11.6 Å². The minimum absolute atomic E-state index is 0.155. The van der Waals surface area contributed by atoms with Crippen LogP contribution in [0.5, 0.6) is 11.5 Å². The summed E-state index contributed by atoms with van der Waals surface area (Å²) in [5.74, 6) is -1.67. The van der Waals surface area contributed by atoms with Gasteiger partial charge in [0.1, 0.15) is 5.82 Å². The summed E-state index contributed by atoms with van der Waals surface area (Å²) in [6.07, 6.45) is -0.414. The Bertz CT molecular complexity index is 939. The van der Waals surface area contributed by atoms with Crippen LogP contribution in [0.1, 0.15) is 22.8 Å². The van der Waals surface area contributed by atoms with E-state index in [4.69, 9.17) is 21.1 Å². The first kappa shape index (κ1) is 20.3. The van der Waals surface area contributed by atoms with Gasteiger partial charge < -0.3 is 19.9 Å². The lowest BCUT2D eigenvalue weighted by atomic mass is 10.0. The van der Waals surface area contributed by atoms with Gasteiger partial charge in [-0.25, -0.2) is 4.39 Å². The first-order valence-corrected chi connectivity index (χ1v) is 9.55. The maximum Gasteiger partial charge on any atom is 0.305 e. The molecule has 2 N–H and O–H groups in total. The number of thioether (sulfide) groups is 1. The van der Waals surface area contributed by atoms with Crippen molar-refractivity contribution in [1.82, 2.24) is 0 Å². The molecule has 148 valence electrons. The topological polar surface area (TPSA) is 84.9 Å². The molecule has 1 heterocycles. The van der Waals surface area contributed by atoms with Crippen LogP contribution >= 0.6 is 23.4 Å². The number of hydrogen-bond acceptors (Lipinski definition) is 5. The summed E-state index contributed by atoms with van der Waals surface area (Å²) in [5, 5.41) is 10.6. The summed E-state index contributed by atoms with van der Waals surface area (Å²) < 4.78 is 25.6. The smallest absolute Gasteiger partial charge is 0.305 e. The van der Waals surface area contributed by atoms with Crippen LogP contribution in [0.25, 0.3) is 0 Å². The number of benzene rings is 2. The molecule has 28 heavy (non-hydrogen) atoms. The number of ether oxygens (including phenoxy) is 2. The second kappa shape index (κ2) is 8.28. The van der Waals surface area contributed by atoms with Crippen LogP contribution in [0, 0.1) is 5.82 Å². The van der Waals surface area contributed by atoms with E-state index in [-0.39, 0.29) is 11.3 Å². The van der Waals surface area contributed by atoms with Crippen molar-refractivity contribution in [1.29, 1.82) is 0 Å². The molecule has 3 rings (SSSR count). The standard InChI is InChI=1S/C19H17ClFNO5S/c1-26-13-6-4-11(21)16(17(13)27-2)18-10-7-9(20)3-5-12(10)22-19(25)14(28-18)8-15(23)24/h3-7,14,18H,8H2,1-2H3,(H,22,25)(H,23,24)/t14-,18+/m0/s1. The van der Waals surface area contributed by atoms with Crippen molar-refractivity contribution >= 4 is 40.9 Å². The Morgan fingerprint density at radius 3 is 2.68 bits per heavy atom. The van der Waals surface area contributed by atoms with E-state index >= 15 is 0 Å². The fourth-order valence-electron chi connectivity index (χ4n) is 3.07. The molecule has 2 atom stereocenters. The molecule has 0 fully saturated rings. The lowest BCUT2D eigenvalue weighted by Gasteiger charge is -2.23. The number of methoxy groups -OCH3 is 2. The quantitative estimate of drug-likeness (QED) is 0.749. The molecule has 0 aromatic heterocycles. The number of carbonyl (C=O) groups excluding carboxylic acids is 1. The van der Waals surface area contributed by atoms with Crippen LogP contribution in [-0.2, 0) is 9.59 Å². The number of anilines is 1. The fraction of sp³-hybridized carbons (Fsp3) is 0.263. The van der Waals surface area contributed by atoms with E-state index in [0.717, 1.165) is 11.8 Å². The van der Waals surface area contributed by atoms with E-state index in [1.165, 1.54) is 26.4 Å². The number of fused-ring (bicyclic) bond motifs is 1. The maximum absolute atomic E-state index is 14.9. The lowest BCUT2D eigenvalue weighted by molar-refractivity contribution is -0.138. The number of halogens is 2. The van der Waals surface area contributed by atoms with Gasteiger partial charge in [-0.15, -0.1) is 11.8 Å². The second-order valence-electron chi connectivity index (χ2n) is 6.02. The highest BCUT2D eigenvalue weighted by Crippen LogP contribution is 2.50. The van der Waals surface area contributed by atoms with E-state index in [1.807, 2.05) is 0 Å². The Morgan fingerprint density at radius 2 is 2.04 bits per heavy atom. The molecular formula is C19H17ClFNO5S. The SMILES string of the molecule is COc1ccc(F)c([C@@H]2S[C@@H](CC(=O)O)C(=O)Nc3ccc(Cl)cc32)c1OC. The molecule has 0 radical (unpaired) electrons. The molecule has 2 aromatic rings. The fourth-order valence-corrected chi connectivity index (χ4v) is 4.70. The molecule has 1 aliphatic heterocycles. The van der Waals surface area contributed by atoms with Gasteiger partial charge >= 0.3 is 5.97 Å². The van der Waals surface area contributed by atoms with E-state index in [1.54, 1.807) is 18.2 Å². The third-order valence-electron chi connectivity index (χ3n) is 4.30. The average Bonchev–Trinajstić information content (AvgIpc) is 2.78. The predicted octanol–water partition coefficient (Wildman–Crippen LogP) is 4.11. The van der Waals surface area contributed by atoms with Crippen molar-refractivity contribution in [2.75, 3.05) is 19.5 Å². The summed E-state index contributed by atoms with van der Waals surface area (Å²) in [5.41, 5.74) is 1.13. The summed E-state index contributed by atoms with van der Waals surface area (Å²) in [7, 11) is 2.82. The van der Waals surface area contributed by atoms with Crippen LogP contribution in [0.2, 0.25) is 5.02 Å². The zero-order chi connectivity index (χ0) is 20.4. The number of carboxylic acids is 1. The molecule has 0 bridgehead atoms. The van der Waals surface area contributed by atoms with Gasteiger partial charge in [0.25, 0.3) is 0 Å². The van der Waals surface area contributed by atoms with Gasteiger partial charge in [0.15, 0.2) is 11.5 Å². The number of nitrogens with one attached hydrogen (secondary N) is 1. The van der Waals surface area contributed by atoms with E-state index in [0.29, 0.717) is 22.0 Å². The van der Waals surface area contributed by atoms with Crippen LogP contribution < -0.4 is 14.8 Å². The van der Waals surface area contributed by atoms with Crippen molar-refractivity contribution in [3.05, 3.63) is 52.3 Å². The normalized spacial score (nSPS) is 18.6. The Balaban J connectivity index is 2.23. The molecule has 6 nitrogen and oxygen atoms in total. The zero-order valence-electron chi connectivity index (χ0n) is 15.0. The van der Waals surface area contributed by atoms with Gasteiger partial charge in [0, 0.05) is 10.7 Å². The van der Waals surface area contributed by atoms with Gasteiger partial charge in [-0.3, -0.25) is 9.59 Å². The summed E-state index contributed by atoms with van der Waals surface area (Å²) in [6, 6.07) is 7.51. The highest BCUT2D eigenvalue weighted by atomic mass is 35.5. The van der Waals surface area contributed by atoms with E-state index in [9.17, 15) is 19.1 Å².